The lowest BCUT2D eigenvalue weighted by atomic mass is 9.80. The summed E-state index contributed by atoms with van der Waals surface area (Å²) in [7, 11) is -1.63. The van der Waals surface area contributed by atoms with E-state index in [1.54, 1.807) is 37.4 Å². The summed E-state index contributed by atoms with van der Waals surface area (Å²) in [5.74, 6) is -0.726. The molecular weight excluding hydrogens is 582 g/mol. The number of carbonyl (C=O) groups is 1. The first kappa shape index (κ1) is 31.0. The fourth-order valence-corrected chi connectivity index (χ4v) is 7.50. The molecule has 5 rings (SSSR count). The van der Waals surface area contributed by atoms with Crippen molar-refractivity contribution < 1.29 is 32.5 Å². The lowest BCUT2D eigenvalue weighted by Crippen LogP contribution is -2.18. The Labute approximate surface area is 248 Å². The second-order valence-electron chi connectivity index (χ2n) is 11.4. The molecule has 1 aliphatic carbocycles. The van der Waals surface area contributed by atoms with Gasteiger partial charge in [0.15, 0.2) is 0 Å². The fraction of sp³-hybridized carbons (Fsp3) is 0.433. The SMILES string of the molecule is CCCP(=O)(O)Cc1ccc(Nc2ncc(C(F)(F)F)c(Nc3ccc(C4CCC(O)CC4)c4c3C(=O)N(C)C4)n2)cc1. The number of fused-ring (bicyclic) bond motifs is 1. The molecule has 1 aromatic heterocycles. The molecule has 9 nitrogen and oxygen atoms in total. The van der Waals surface area contributed by atoms with Crippen LogP contribution in [-0.2, 0) is 23.4 Å². The minimum Gasteiger partial charge on any atom is -0.393 e. The molecule has 230 valence electrons. The Morgan fingerprint density at radius 3 is 2.42 bits per heavy atom. The Kier molecular flexibility index (Phi) is 8.83. The van der Waals surface area contributed by atoms with Gasteiger partial charge in [0.05, 0.1) is 17.4 Å². The van der Waals surface area contributed by atoms with Crippen LogP contribution in [0.1, 0.15) is 77.6 Å². The lowest BCUT2D eigenvalue weighted by Gasteiger charge is -2.27. The molecule has 13 heteroatoms. The third-order valence-electron chi connectivity index (χ3n) is 8.00. The number of aromatic nitrogens is 2. The maximum Gasteiger partial charge on any atom is 0.421 e. The molecule has 43 heavy (non-hydrogen) atoms. The number of hydrogen-bond donors (Lipinski definition) is 4. The van der Waals surface area contributed by atoms with Gasteiger partial charge in [0.2, 0.25) is 13.3 Å². The molecule has 4 N–H and O–H groups in total. The van der Waals surface area contributed by atoms with Crippen LogP contribution < -0.4 is 10.6 Å². The van der Waals surface area contributed by atoms with Gasteiger partial charge in [-0.1, -0.05) is 25.1 Å². The standard InChI is InChI=1S/C30H35F3N5O4P/c1-3-14-43(41,42)17-18-4-8-20(9-5-18)35-29-34-15-24(30(31,32)33)27(37-29)36-25-13-12-22(19-6-10-21(39)11-7-19)23-16-38(2)28(40)26(23)25/h4-5,8-9,12-13,15,19,21,39H,3,6-7,10-11,14,16-17H2,1-2H3,(H,41,42)(H2,34,35,36,37). The minimum absolute atomic E-state index is 0.0334. The van der Waals surface area contributed by atoms with Gasteiger partial charge < -0.3 is 25.5 Å². The summed E-state index contributed by atoms with van der Waals surface area (Å²) in [6, 6.07) is 10.1. The van der Waals surface area contributed by atoms with Crippen LogP contribution in [0.15, 0.2) is 42.6 Å². The Morgan fingerprint density at radius 1 is 1.07 bits per heavy atom. The summed E-state index contributed by atoms with van der Waals surface area (Å²) >= 11 is 0. The lowest BCUT2D eigenvalue weighted by molar-refractivity contribution is -0.137. The Hall–Kier alpha value is -3.47. The summed E-state index contributed by atoms with van der Waals surface area (Å²) in [6.07, 6.45) is -0.672. The first-order chi connectivity index (χ1) is 20.3. The molecule has 0 saturated heterocycles. The predicted octanol–water partition coefficient (Wildman–Crippen LogP) is 6.77. The van der Waals surface area contributed by atoms with E-state index in [1.165, 1.54) is 4.90 Å². The highest BCUT2D eigenvalue weighted by Crippen LogP contribution is 2.45. The monoisotopic (exact) mass is 617 g/mol. The van der Waals surface area contributed by atoms with E-state index in [4.69, 9.17) is 0 Å². The molecule has 0 spiro atoms. The van der Waals surface area contributed by atoms with Gasteiger partial charge >= 0.3 is 6.18 Å². The van der Waals surface area contributed by atoms with Gasteiger partial charge in [0.1, 0.15) is 11.4 Å². The average molecular weight is 618 g/mol. The van der Waals surface area contributed by atoms with E-state index >= 15 is 0 Å². The average Bonchev–Trinajstić information content (AvgIpc) is 3.24. The predicted molar refractivity (Wildman–Crippen MR) is 158 cm³/mol. The number of benzene rings is 2. The van der Waals surface area contributed by atoms with Gasteiger partial charge in [-0.3, -0.25) is 9.36 Å². The molecule has 0 bridgehead atoms. The molecule has 2 aliphatic rings. The van der Waals surface area contributed by atoms with E-state index in [9.17, 15) is 32.5 Å². The Balaban J connectivity index is 1.43. The molecular formula is C30H35F3N5O4P. The number of halogens is 3. The van der Waals surface area contributed by atoms with Crippen LogP contribution in [0.25, 0.3) is 0 Å². The van der Waals surface area contributed by atoms with Crippen LogP contribution in [0.5, 0.6) is 0 Å². The van der Waals surface area contributed by atoms with Crippen molar-refractivity contribution >= 4 is 36.4 Å². The number of aliphatic hydroxyl groups is 1. The van der Waals surface area contributed by atoms with E-state index in [2.05, 4.69) is 20.6 Å². The van der Waals surface area contributed by atoms with E-state index < -0.39 is 24.9 Å². The van der Waals surface area contributed by atoms with Crippen molar-refractivity contribution in [2.75, 3.05) is 23.8 Å². The number of hydrogen-bond acceptors (Lipinski definition) is 7. The number of anilines is 4. The largest absolute Gasteiger partial charge is 0.421 e. The van der Waals surface area contributed by atoms with Crippen LogP contribution >= 0.6 is 7.37 Å². The Bertz CT molecular complexity index is 1540. The number of nitrogens with one attached hydrogen (secondary N) is 2. The van der Waals surface area contributed by atoms with Crippen molar-refractivity contribution in [1.29, 1.82) is 0 Å². The zero-order chi connectivity index (χ0) is 30.9. The maximum atomic E-state index is 14.0. The summed E-state index contributed by atoms with van der Waals surface area (Å²) in [6.45, 7) is 2.19. The van der Waals surface area contributed by atoms with E-state index in [0.717, 1.165) is 24.0 Å². The van der Waals surface area contributed by atoms with Crippen molar-refractivity contribution in [3.05, 3.63) is 70.4 Å². The Morgan fingerprint density at radius 2 is 1.77 bits per heavy atom. The summed E-state index contributed by atoms with van der Waals surface area (Å²) in [4.78, 5) is 32.8. The minimum atomic E-state index is -4.76. The summed E-state index contributed by atoms with van der Waals surface area (Å²) in [5, 5.41) is 15.6. The van der Waals surface area contributed by atoms with Gasteiger partial charge in [-0.25, -0.2) is 4.98 Å². The molecule has 1 atom stereocenters. The smallest absolute Gasteiger partial charge is 0.393 e. The molecule has 1 amide bonds. The van der Waals surface area contributed by atoms with Crippen LogP contribution in [0.4, 0.5) is 36.3 Å². The topological polar surface area (TPSA) is 128 Å². The second-order valence-corrected chi connectivity index (χ2v) is 13.8. The van der Waals surface area contributed by atoms with E-state index in [-0.39, 0.29) is 41.9 Å². The molecule has 1 saturated carbocycles. The molecule has 1 aliphatic heterocycles. The normalized spacial score (nSPS) is 20.1. The first-order valence-corrected chi connectivity index (χ1v) is 16.3. The maximum absolute atomic E-state index is 14.0. The van der Waals surface area contributed by atoms with Crippen molar-refractivity contribution in [1.82, 2.24) is 14.9 Å². The molecule has 3 aromatic rings. The van der Waals surface area contributed by atoms with Crippen LogP contribution in [0.3, 0.4) is 0 Å². The fourth-order valence-electron chi connectivity index (χ4n) is 5.86. The van der Waals surface area contributed by atoms with Gasteiger partial charge in [-0.2, -0.15) is 18.2 Å². The molecule has 2 heterocycles. The number of amides is 1. The highest BCUT2D eigenvalue weighted by molar-refractivity contribution is 7.57. The third-order valence-corrected chi connectivity index (χ3v) is 10.0. The quantitative estimate of drug-likeness (QED) is 0.194. The van der Waals surface area contributed by atoms with Crippen LogP contribution in [-0.4, -0.2) is 50.1 Å². The van der Waals surface area contributed by atoms with Gasteiger partial charge in [0, 0.05) is 37.8 Å². The number of carbonyl (C=O) groups excluding carboxylic acids is 1. The van der Waals surface area contributed by atoms with Gasteiger partial charge in [-0.05, 0) is 72.9 Å². The van der Waals surface area contributed by atoms with Crippen molar-refractivity contribution in [2.24, 2.45) is 0 Å². The zero-order valence-electron chi connectivity index (χ0n) is 24.0. The van der Waals surface area contributed by atoms with Crippen molar-refractivity contribution in [3.8, 4) is 0 Å². The second kappa shape index (κ2) is 12.3. The van der Waals surface area contributed by atoms with Gasteiger partial charge in [-0.15, -0.1) is 0 Å². The number of nitrogens with zero attached hydrogens (tertiary/aromatic N) is 3. The first-order valence-electron chi connectivity index (χ1n) is 14.3. The van der Waals surface area contributed by atoms with Crippen molar-refractivity contribution in [3.63, 3.8) is 0 Å². The molecule has 1 unspecified atom stereocenters. The molecule has 0 radical (unpaired) electrons. The third kappa shape index (κ3) is 7.03. The zero-order valence-corrected chi connectivity index (χ0v) is 24.9. The number of aliphatic hydroxyl groups excluding tert-OH is 1. The van der Waals surface area contributed by atoms with E-state index in [0.29, 0.717) is 48.8 Å². The van der Waals surface area contributed by atoms with Crippen LogP contribution in [0.2, 0.25) is 0 Å². The van der Waals surface area contributed by atoms with Crippen molar-refractivity contribution in [2.45, 2.75) is 69.9 Å². The van der Waals surface area contributed by atoms with Gasteiger partial charge in [0.25, 0.3) is 5.91 Å². The summed E-state index contributed by atoms with van der Waals surface area (Å²) < 4.78 is 54.3. The van der Waals surface area contributed by atoms with Crippen LogP contribution in [0, 0.1) is 0 Å². The number of alkyl halides is 3. The highest BCUT2D eigenvalue weighted by atomic mass is 31.2. The highest BCUT2D eigenvalue weighted by Gasteiger charge is 2.37. The molecule has 2 aromatic carbocycles. The number of rotatable bonds is 9. The summed E-state index contributed by atoms with van der Waals surface area (Å²) in [5.41, 5.74) is 2.39. The molecule has 1 fully saturated rings. The van der Waals surface area contributed by atoms with E-state index in [1.807, 2.05) is 13.0 Å².